The molecule has 4 heterocycles. The predicted octanol–water partition coefficient (Wildman–Crippen LogP) is 5.75. The molecule has 0 radical (unpaired) electrons. The van der Waals surface area contributed by atoms with Gasteiger partial charge in [0.1, 0.15) is 22.7 Å². The molecule has 6 aromatic rings. The number of nitrogens with zero attached hydrogens (tertiary/aromatic N) is 3. The minimum absolute atomic E-state index is 0.615. The van der Waals surface area contributed by atoms with Crippen molar-refractivity contribution < 1.29 is 8.83 Å². The molecule has 0 bridgehead atoms. The van der Waals surface area contributed by atoms with E-state index >= 15 is 0 Å². The van der Waals surface area contributed by atoms with Crippen molar-refractivity contribution in [2.75, 3.05) is 0 Å². The predicted molar refractivity (Wildman–Crippen MR) is 108 cm³/mol. The van der Waals surface area contributed by atoms with Crippen molar-refractivity contribution in [3.05, 3.63) is 66.7 Å². The smallest absolute Gasteiger partial charge is 0.189 e. The van der Waals surface area contributed by atoms with Gasteiger partial charge in [0.25, 0.3) is 0 Å². The Bertz CT molecular complexity index is 1270. The van der Waals surface area contributed by atoms with Crippen LogP contribution >= 0.6 is 11.3 Å². The summed E-state index contributed by atoms with van der Waals surface area (Å²) in [6, 6.07) is 22.1. The molecule has 0 aliphatic carbocycles. The molecule has 0 spiro atoms. The third-order valence-electron chi connectivity index (χ3n) is 4.65. The Kier molecular flexibility index (Phi) is 3.24. The summed E-state index contributed by atoms with van der Waals surface area (Å²) in [6.07, 6.45) is 0. The molecule has 0 aliphatic rings. The van der Waals surface area contributed by atoms with E-state index in [1.807, 2.05) is 60.7 Å². The summed E-state index contributed by atoms with van der Waals surface area (Å²) >= 11 is 1.56. The van der Waals surface area contributed by atoms with Gasteiger partial charge in [-0.25, -0.2) is 5.10 Å². The second-order valence-corrected chi connectivity index (χ2v) is 7.45. The highest BCUT2D eigenvalue weighted by atomic mass is 32.1. The van der Waals surface area contributed by atoms with E-state index < -0.39 is 0 Å². The molecule has 0 saturated carbocycles. The molecular weight excluding hydrogens is 372 g/mol. The Morgan fingerprint density at radius 2 is 1.46 bits per heavy atom. The fourth-order valence-electron chi connectivity index (χ4n) is 3.35. The average Bonchev–Trinajstić information content (AvgIpc) is 3.52. The van der Waals surface area contributed by atoms with E-state index in [4.69, 9.17) is 8.83 Å². The minimum Gasteiger partial charge on any atom is -0.456 e. The lowest BCUT2D eigenvalue weighted by Crippen LogP contribution is -1.74. The second-order valence-electron chi connectivity index (χ2n) is 6.40. The highest BCUT2D eigenvalue weighted by Crippen LogP contribution is 2.45. The molecule has 0 saturated heterocycles. The number of hydrogen-bond acceptors (Lipinski definition) is 6. The van der Waals surface area contributed by atoms with Gasteiger partial charge in [0, 0.05) is 16.3 Å². The van der Waals surface area contributed by atoms with Gasteiger partial charge in [0.2, 0.25) is 0 Å². The highest BCUT2D eigenvalue weighted by Gasteiger charge is 2.21. The van der Waals surface area contributed by atoms with Crippen LogP contribution in [0.2, 0.25) is 0 Å². The molecule has 0 fully saturated rings. The minimum atomic E-state index is 0.615. The lowest BCUT2D eigenvalue weighted by Gasteiger charge is -1.97. The maximum absolute atomic E-state index is 6.13. The van der Waals surface area contributed by atoms with E-state index in [9.17, 15) is 0 Å². The van der Waals surface area contributed by atoms with Gasteiger partial charge in [-0.1, -0.05) is 36.4 Å². The summed E-state index contributed by atoms with van der Waals surface area (Å²) in [5.41, 5.74) is 2.65. The number of hydrogen-bond donors (Lipinski definition) is 1. The number of thiophene rings is 1. The van der Waals surface area contributed by atoms with Crippen molar-refractivity contribution in [1.82, 2.24) is 20.6 Å². The van der Waals surface area contributed by atoms with Crippen LogP contribution in [0.5, 0.6) is 0 Å². The molecule has 2 aromatic carbocycles. The van der Waals surface area contributed by atoms with Crippen LogP contribution in [0.25, 0.3) is 54.6 Å². The lowest BCUT2D eigenvalue weighted by molar-refractivity contribution is 0.625. The quantitative estimate of drug-likeness (QED) is 0.420. The first-order valence-electron chi connectivity index (χ1n) is 8.71. The van der Waals surface area contributed by atoms with Crippen LogP contribution in [0.1, 0.15) is 0 Å². The number of nitrogens with one attached hydrogen (secondary N) is 1. The first-order chi connectivity index (χ1) is 13.8. The van der Waals surface area contributed by atoms with E-state index in [2.05, 4.69) is 26.7 Å². The van der Waals surface area contributed by atoms with Crippen molar-refractivity contribution in [2.24, 2.45) is 0 Å². The van der Waals surface area contributed by atoms with Crippen LogP contribution in [0, 0.1) is 0 Å². The van der Waals surface area contributed by atoms with Crippen LogP contribution in [0.4, 0.5) is 0 Å². The molecule has 0 unspecified atom stereocenters. The number of benzene rings is 2. The largest absolute Gasteiger partial charge is 0.456 e. The van der Waals surface area contributed by atoms with Crippen LogP contribution in [0.15, 0.2) is 75.6 Å². The number of aromatic nitrogens is 4. The number of fused-ring (bicyclic) bond motifs is 2. The van der Waals surface area contributed by atoms with Crippen molar-refractivity contribution in [2.45, 2.75) is 0 Å². The standard InChI is InChI=1S/C21H12N4O2S/c1-3-7-15-12(5-1)9-17(26-15)14-11-19(21-22-24-25-23-21)28-20(14)18-10-13-6-2-4-8-16(13)27-18/h1-11H,(H,22,23,24,25). The third-order valence-corrected chi connectivity index (χ3v) is 5.81. The van der Waals surface area contributed by atoms with Crippen LogP contribution < -0.4 is 0 Å². The number of rotatable bonds is 3. The Balaban J connectivity index is 1.60. The molecule has 0 atom stereocenters. The first-order valence-corrected chi connectivity index (χ1v) is 9.53. The molecule has 0 amide bonds. The molecular formula is C21H12N4O2S. The third kappa shape index (κ3) is 2.37. The van der Waals surface area contributed by atoms with Gasteiger partial charge in [-0.3, -0.25) is 0 Å². The second kappa shape index (κ2) is 5.90. The van der Waals surface area contributed by atoms with E-state index in [0.29, 0.717) is 5.82 Å². The fourth-order valence-corrected chi connectivity index (χ4v) is 4.40. The number of tetrazole rings is 1. The number of furan rings is 2. The summed E-state index contributed by atoms with van der Waals surface area (Å²) in [5.74, 6) is 2.19. The summed E-state index contributed by atoms with van der Waals surface area (Å²) < 4.78 is 12.3. The van der Waals surface area contributed by atoms with Gasteiger partial charge >= 0.3 is 0 Å². The molecule has 6 nitrogen and oxygen atoms in total. The van der Waals surface area contributed by atoms with E-state index in [-0.39, 0.29) is 0 Å². The van der Waals surface area contributed by atoms with E-state index in [0.717, 1.165) is 48.8 Å². The van der Waals surface area contributed by atoms with Gasteiger partial charge in [-0.15, -0.1) is 16.4 Å². The highest BCUT2D eigenvalue weighted by molar-refractivity contribution is 7.19. The molecule has 28 heavy (non-hydrogen) atoms. The van der Waals surface area contributed by atoms with Crippen molar-refractivity contribution >= 4 is 33.3 Å². The maximum Gasteiger partial charge on any atom is 0.189 e. The molecule has 6 rings (SSSR count). The van der Waals surface area contributed by atoms with Gasteiger partial charge < -0.3 is 8.83 Å². The zero-order chi connectivity index (χ0) is 18.5. The first kappa shape index (κ1) is 15.4. The summed E-state index contributed by atoms with van der Waals surface area (Å²) in [6.45, 7) is 0. The number of aromatic amines is 1. The molecule has 4 aromatic heterocycles. The Hall–Kier alpha value is -3.71. The summed E-state index contributed by atoms with van der Waals surface area (Å²) in [7, 11) is 0. The Labute approximate surface area is 162 Å². The van der Waals surface area contributed by atoms with E-state index in [1.54, 1.807) is 11.3 Å². The van der Waals surface area contributed by atoms with Crippen molar-refractivity contribution in [3.8, 4) is 32.7 Å². The van der Waals surface area contributed by atoms with Crippen LogP contribution in [0.3, 0.4) is 0 Å². The van der Waals surface area contributed by atoms with Gasteiger partial charge in [0.15, 0.2) is 5.82 Å². The number of H-pyrrole nitrogens is 1. The average molecular weight is 384 g/mol. The van der Waals surface area contributed by atoms with Crippen LogP contribution in [-0.4, -0.2) is 20.6 Å². The molecule has 0 aliphatic heterocycles. The van der Waals surface area contributed by atoms with Gasteiger partial charge in [0.05, 0.1) is 9.75 Å². The zero-order valence-corrected chi connectivity index (χ0v) is 15.2. The molecule has 7 heteroatoms. The topological polar surface area (TPSA) is 80.7 Å². The lowest BCUT2D eigenvalue weighted by atomic mass is 10.1. The maximum atomic E-state index is 6.13. The van der Waals surface area contributed by atoms with Crippen molar-refractivity contribution in [1.29, 1.82) is 0 Å². The summed E-state index contributed by atoms with van der Waals surface area (Å²) in [5, 5.41) is 16.4. The van der Waals surface area contributed by atoms with Crippen molar-refractivity contribution in [3.63, 3.8) is 0 Å². The van der Waals surface area contributed by atoms with Gasteiger partial charge in [-0.05, 0) is 40.8 Å². The number of para-hydroxylation sites is 2. The Morgan fingerprint density at radius 3 is 2.14 bits per heavy atom. The van der Waals surface area contributed by atoms with Gasteiger partial charge in [-0.2, -0.15) is 0 Å². The normalized spacial score (nSPS) is 11.6. The molecule has 134 valence electrons. The summed E-state index contributed by atoms with van der Waals surface area (Å²) in [4.78, 5) is 1.89. The SMILES string of the molecule is c1ccc2oc(-c3cc(-c4nnn[nH]4)sc3-c3cc4ccccc4o3)cc2c1. The van der Waals surface area contributed by atoms with E-state index in [1.165, 1.54) is 0 Å². The Morgan fingerprint density at radius 1 is 0.786 bits per heavy atom. The zero-order valence-electron chi connectivity index (χ0n) is 14.4. The molecule has 1 N–H and O–H groups in total. The monoisotopic (exact) mass is 384 g/mol. The van der Waals surface area contributed by atoms with Crippen LogP contribution in [-0.2, 0) is 0 Å². The fraction of sp³-hybridized carbons (Fsp3) is 0.